The van der Waals surface area contributed by atoms with Gasteiger partial charge in [-0.15, -0.1) is 0 Å². The van der Waals surface area contributed by atoms with E-state index in [0.29, 0.717) is 0 Å². The molecule has 0 spiro atoms. The van der Waals surface area contributed by atoms with Gasteiger partial charge in [-0.05, 0) is 11.8 Å². The van der Waals surface area contributed by atoms with Crippen molar-refractivity contribution >= 4 is 23.8 Å². The first-order chi connectivity index (χ1) is 11.5. The van der Waals surface area contributed by atoms with Crippen molar-refractivity contribution in [1.82, 2.24) is 5.32 Å². The van der Waals surface area contributed by atoms with E-state index in [1.54, 1.807) is 20.9 Å². The molecule has 2 atom stereocenters. The summed E-state index contributed by atoms with van der Waals surface area (Å²) in [4.78, 5) is 43.6. The number of amides is 1. The standard InChI is InChI=1S/C9H17NO3.C8H14O4/c1-6(2)7(9(12)13-4)5-8(11)10-3;1-5(2)6(4-7(9)10)8(11)12-3/h6-7H,5H2,1-4H3,(H,10,11);5-6H,4H2,1-3H3,(H,9,10)/t7-;6-/m00/s1. The molecular weight excluding hydrogens is 330 g/mol. The Morgan fingerprint density at radius 2 is 1.20 bits per heavy atom. The first-order valence-corrected chi connectivity index (χ1v) is 8.09. The number of carbonyl (C=O) groups is 4. The number of rotatable bonds is 8. The Morgan fingerprint density at radius 3 is 1.44 bits per heavy atom. The summed E-state index contributed by atoms with van der Waals surface area (Å²) >= 11 is 0. The predicted octanol–water partition coefficient (Wildman–Crippen LogP) is 1.47. The monoisotopic (exact) mass is 361 g/mol. The van der Waals surface area contributed by atoms with Crippen molar-refractivity contribution in [3.05, 3.63) is 0 Å². The van der Waals surface area contributed by atoms with Crippen molar-refractivity contribution in [2.24, 2.45) is 23.7 Å². The summed E-state index contributed by atoms with van der Waals surface area (Å²) in [6.07, 6.45) is 0.0329. The molecule has 0 aromatic rings. The average molecular weight is 361 g/mol. The molecule has 0 fully saturated rings. The fraction of sp³-hybridized carbons (Fsp3) is 0.765. The number of methoxy groups -OCH3 is 2. The van der Waals surface area contributed by atoms with E-state index in [1.165, 1.54) is 14.2 Å². The molecule has 0 bridgehead atoms. The summed E-state index contributed by atoms with van der Waals surface area (Å²) in [6.45, 7) is 7.38. The van der Waals surface area contributed by atoms with Gasteiger partial charge >= 0.3 is 17.9 Å². The Labute approximate surface area is 149 Å². The summed E-state index contributed by atoms with van der Waals surface area (Å²) in [5, 5.41) is 11.0. The van der Waals surface area contributed by atoms with Crippen molar-refractivity contribution in [2.45, 2.75) is 40.5 Å². The van der Waals surface area contributed by atoms with E-state index in [0.717, 1.165) is 0 Å². The Bertz CT molecular complexity index is 446. The number of hydrogen-bond donors (Lipinski definition) is 2. The van der Waals surface area contributed by atoms with Gasteiger partial charge in [-0.2, -0.15) is 0 Å². The highest BCUT2D eigenvalue weighted by atomic mass is 16.5. The molecule has 0 aromatic carbocycles. The smallest absolute Gasteiger partial charge is 0.309 e. The highest BCUT2D eigenvalue weighted by Crippen LogP contribution is 2.17. The predicted molar refractivity (Wildman–Crippen MR) is 91.6 cm³/mol. The van der Waals surface area contributed by atoms with Crippen LogP contribution in [-0.4, -0.2) is 50.2 Å². The van der Waals surface area contributed by atoms with E-state index in [-0.39, 0.29) is 42.5 Å². The fourth-order valence-corrected chi connectivity index (χ4v) is 1.98. The van der Waals surface area contributed by atoms with Gasteiger partial charge in [0.15, 0.2) is 0 Å². The van der Waals surface area contributed by atoms with Gasteiger partial charge < -0.3 is 19.9 Å². The lowest BCUT2D eigenvalue weighted by Crippen LogP contribution is -2.29. The van der Waals surface area contributed by atoms with Gasteiger partial charge in [0, 0.05) is 13.5 Å². The molecule has 0 saturated heterocycles. The Morgan fingerprint density at radius 1 is 0.840 bits per heavy atom. The van der Waals surface area contributed by atoms with E-state index in [4.69, 9.17) is 5.11 Å². The second-order valence-corrected chi connectivity index (χ2v) is 6.22. The largest absolute Gasteiger partial charge is 0.481 e. The maximum atomic E-state index is 11.2. The molecule has 2 N–H and O–H groups in total. The Hall–Kier alpha value is -2.12. The van der Waals surface area contributed by atoms with E-state index < -0.39 is 17.9 Å². The van der Waals surface area contributed by atoms with E-state index >= 15 is 0 Å². The van der Waals surface area contributed by atoms with Crippen molar-refractivity contribution in [2.75, 3.05) is 21.3 Å². The molecule has 1 amide bonds. The van der Waals surface area contributed by atoms with Gasteiger partial charge in [0.05, 0.1) is 32.5 Å². The summed E-state index contributed by atoms with van der Waals surface area (Å²) in [7, 11) is 4.15. The number of aliphatic carboxylic acids is 1. The van der Waals surface area contributed by atoms with Crippen LogP contribution in [0.15, 0.2) is 0 Å². The highest BCUT2D eigenvalue weighted by Gasteiger charge is 2.26. The van der Waals surface area contributed by atoms with Crippen LogP contribution < -0.4 is 5.32 Å². The summed E-state index contributed by atoms with van der Waals surface area (Å²) in [6, 6.07) is 0. The number of carbonyl (C=O) groups excluding carboxylic acids is 3. The van der Waals surface area contributed by atoms with Crippen LogP contribution in [-0.2, 0) is 28.7 Å². The topological polar surface area (TPSA) is 119 Å². The molecule has 0 aromatic heterocycles. The molecule has 0 aliphatic rings. The second-order valence-electron chi connectivity index (χ2n) is 6.22. The van der Waals surface area contributed by atoms with Crippen LogP contribution in [0.5, 0.6) is 0 Å². The Balaban J connectivity index is 0. The molecule has 25 heavy (non-hydrogen) atoms. The van der Waals surface area contributed by atoms with Gasteiger partial charge in [0.2, 0.25) is 5.91 Å². The van der Waals surface area contributed by atoms with Crippen LogP contribution in [0.1, 0.15) is 40.5 Å². The lowest BCUT2D eigenvalue weighted by molar-refractivity contribution is -0.152. The second kappa shape index (κ2) is 13.2. The summed E-state index contributed by atoms with van der Waals surface area (Å²) in [5.41, 5.74) is 0. The first kappa shape index (κ1) is 25.1. The number of esters is 2. The normalized spacial score (nSPS) is 12.5. The van der Waals surface area contributed by atoms with Crippen molar-refractivity contribution in [1.29, 1.82) is 0 Å². The number of hydrogen-bond acceptors (Lipinski definition) is 6. The minimum atomic E-state index is -0.973. The van der Waals surface area contributed by atoms with Gasteiger partial charge in [0.1, 0.15) is 0 Å². The van der Waals surface area contributed by atoms with Gasteiger partial charge in [0.25, 0.3) is 0 Å². The lowest BCUT2D eigenvalue weighted by atomic mass is 9.92. The highest BCUT2D eigenvalue weighted by molar-refractivity contribution is 5.83. The quantitative estimate of drug-likeness (QED) is 0.628. The molecule has 0 aliphatic heterocycles. The summed E-state index contributed by atoms with van der Waals surface area (Å²) < 4.78 is 9.07. The fourth-order valence-electron chi connectivity index (χ4n) is 1.98. The Kier molecular flexibility index (Phi) is 13.3. The van der Waals surface area contributed by atoms with Crippen LogP contribution in [0.3, 0.4) is 0 Å². The number of carboxylic acids is 1. The number of nitrogens with one attached hydrogen (secondary N) is 1. The van der Waals surface area contributed by atoms with E-state index in [2.05, 4.69) is 14.8 Å². The molecule has 0 rings (SSSR count). The molecule has 8 heteroatoms. The lowest BCUT2D eigenvalue weighted by Gasteiger charge is -2.16. The third-order valence-corrected chi connectivity index (χ3v) is 3.70. The molecule has 0 unspecified atom stereocenters. The molecule has 146 valence electrons. The van der Waals surface area contributed by atoms with Crippen LogP contribution in [0.2, 0.25) is 0 Å². The van der Waals surface area contributed by atoms with Crippen LogP contribution >= 0.6 is 0 Å². The van der Waals surface area contributed by atoms with E-state index in [1.807, 2.05) is 13.8 Å². The summed E-state index contributed by atoms with van der Waals surface area (Å²) in [5.74, 6) is -2.65. The zero-order chi connectivity index (χ0) is 20.2. The SMILES string of the molecule is CNC(=O)C[C@H](C(=O)OC)C(C)C.COC(=O)[C@@H](CC(=O)O)C(C)C. The molecule has 0 saturated carbocycles. The maximum absolute atomic E-state index is 11.2. The van der Waals surface area contributed by atoms with Crippen LogP contribution in [0.4, 0.5) is 0 Å². The molecule has 0 radical (unpaired) electrons. The zero-order valence-corrected chi connectivity index (χ0v) is 16.1. The first-order valence-electron chi connectivity index (χ1n) is 8.09. The molecule has 0 aliphatic carbocycles. The van der Waals surface area contributed by atoms with Crippen molar-refractivity contribution < 1.29 is 33.8 Å². The van der Waals surface area contributed by atoms with Gasteiger partial charge in [-0.3, -0.25) is 19.2 Å². The van der Waals surface area contributed by atoms with Crippen molar-refractivity contribution in [3.8, 4) is 0 Å². The van der Waals surface area contributed by atoms with E-state index in [9.17, 15) is 19.2 Å². The minimum Gasteiger partial charge on any atom is -0.481 e. The number of carboxylic acid groups (broad SMARTS) is 1. The maximum Gasteiger partial charge on any atom is 0.309 e. The third kappa shape index (κ3) is 11.1. The van der Waals surface area contributed by atoms with Gasteiger partial charge in [-0.25, -0.2) is 0 Å². The van der Waals surface area contributed by atoms with Crippen LogP contribution in [0, 0.1) is 23.7 Å². The van der Waals surface area contributed by atoms with Gasteiger partial charge in [-0.1, -0.05) is 27.7 Å². The molecule has 8 nitrogen and oxygen atoms in total. The third-order valence-electron chi connectivity index (χ3n) is 3.70. The van der Waals surface area contributed by atoms with Crippen LogP contribution in [0.25, 0.3) is 0 Å². The molecular formula is C17H31NO7. The molecule has 0 heterocycles. The van der Waals surface area contributed by atoms with Crippen molar-refractivity contribution in [3.63, 3.8) is 0 Å². The number of ether oxygens (including phenoxy) is 2. The minimum absolute atomic E-state index is 0.00597. The zero-order valence-electron chi connectivity index (χ0n) is 16.1. The average Bonchev–Trinajstić information content (AvgIpc) is 2.55.